The average Bonchev–Trinajstić information content (AvgIpc) is 2.49. The second-order valence-corrected chi connectivity index (χ2v) is 5.91. The van der Waals surface area contributed by atoms with E-state index in [2.05, 4.69) is 10.6 Å². The summed E-state index contributed by atoms with van der Waals surface area (Å²) in [7, 11) is 0. The summed E-state index contributed by atoms with van der Waals surface area (Å²) in [6, 6.07) is 10.9. The van der Waals surface area contributed by atoms with Crippen molar-refractivity contribution in [3.8, 4) is 0 Å². The van der Waals surface area contributed by atoms with Crippen molar-refractivity contribution in [2.24, 2.45) is 0 Å². The molecule has 2 aromatic rings. The first kappa shape index (κ1) is 17.0. The maximum Gasteiger partial charge on any atom is 0.319 e. The van der Waals surface area contributed by atoms with Gasteiger partial charge in [0.1, 0.15) is 11.4 Å². The standard InChI is InChI=1S/C18H21FN2O2/c1-12-4-9-16(13(2)10-12)21-17(22)20-11-18(3,23)14-5-7-15(19)8-6-14/h4-10,23H,11H2,1-3H3,(H2,20,21,22). The van der Waals surface area contributed by atoms with Crippen LogP contribution in [0.4, 0.5) is 14.9 Å². The summed E-state index contributed by atoms with van der Waals surface area (Å²) in [4.78, 5) is 12.0. The lowest BCUT2D eigenvalue weighted by Crippen LogP contribution is -2.40. The molecule has 0 aromatic heterocycles. The lowest BCUT2D eigenvalue weighted by atomic mass is 9.96. The number of urea groups is 1. The van der Waals surface area contributed by atoms with Crippen molar-refractivity contribution >= 4 is 11.7 Å². The molecule has 0 saturated heterocycles. The molecule has 122 valence electrons. The minimum atomic E-state index is -1.28. The Morgan fingerprint density at radius 2 is 1.83 bits per heavy atom. The maximum atomic E-state index is 12.9. The van der Waals surface area contributed by atoms with Gasteiger partial charge in [-0.2, -0.15) is 0 Å². The van der Waals surface area contributed by atoms with Crippen molar-refractivity contribution in [2.75, 3.05) is 11.9 Å². The molecular formula is C18H21FN2O2. The van der Waals surface area contributed by atoms with Gasteiger partial charge in [0.05, 0.1) is 6.54 Å². The molecular weight excluding hydrogens is 295 g/mol. The molecule has 2 rings (SSSR count). The van der Waals surface area contributed by atoms with Crippen LogP contribution in [-0.2, 0) is 5.60 Å². The molecule has 23 heavy (non-hydrogen) atoms. The topological polar surface area (TPSA) is 61.4 Å². The Bertz CT molecular complexity index is 697. The summed E-state index contributed by atoms with van der Waals surface area (Å²) in [6.45, 7) is 5.47. The van der Waals surface area contributed by atoms with Gasteiger partial charge in [0.2, 0.25) is 0 Å². The van der Waals surface area contributed by atoms with Crippen molar-refractivity contribution in [3.05, 3.63) is 65.0 Å². The van der Waals surface area contributed by atoms with Crippen LogP contribution in [-0.4, -0.2) is 17.7 Å². The van der Waals surface area contributed by atoms with Crippen LogP contribution in [0, 0.1) is 19.7 Å². The SMILES string of the molecule is Cc1ccc(NC(=O)NCC(C)(O)c2ccc(F)cc2)c(C)c1. The Morgan fingerprint density at radius 3 is 2.43 bits per heavy atom. The van der Waals surface area contributed by atoms with Crippen LogP contribution in [0.15, 0.2) is 42.5 Å². The highest BCUT2D eigenvalue weighted by Gasteiger charge is 2.23. The summed E-state index contributed by atoms with van der Waals surface area (Å²) in [5.41, 5.74) is 2.05. The molecule has 4 nitrogen and oxygen atoms in total. The largest absolute Gasteiger partial charge is 0.384 e. The second kappa shape index (κ2) is 6.79. The van der Waals surface area contributed by atoms with Crippen LogP contribution in [0.25, 0.3) is 0 Å². The smallest absolute Gasteiger partial charge is 0.319 e. The van der Waals surface area contributed by atoms with Crippen LogP contribution in [0.5, 0.6) is 0 Å². The molecule has 0 heterocycles. The molecule has 3 N–H and O–H groups in total. The number of carbonyl (C=O) groups excluding carboxylic acids is 1. The zero-order valence-corrected chi connectivity index (χ0v) is 13.5. The number of anilines is 1. The minimum absolute atomic E-state index is 0.00930. The molecule has 0 radical (unpaired) electrons. The molecule has 0 aliphatic carbocycles. The van der Waals surface area contributed by atoms with Crippen LogP contribution >= 0.6 is 0 Å². The highest BCUT2D eigenvalue weighted by atomic mass is 19.1. The third-order valence-electron chi connectivity index (χ3n) is 3.69. The Hall–Kier alpha value is -2.40. The Balaban J connectivity index is 1.96. The Kier molecular flexibility index (Phi) is 5.01. The van der Waals surface area contributed by atoms with E-state index in [4.69, 9.17) is 0 Å². The fraction of sp³-hybridized carbons (Fsp3) is 0.278. The summed E-state index contributed by atoms with van der Waals surface area (Å²) >= 11 is 0. The minimum Gasteiger partial charge on any atom is -0.384 e. The van der Waals surface area contributed by atoms with Crippen LogP contribution in [0.2, 0.25) is 0 Å². The molecule has 1 unspecified atom stereocenters. The zero-order chi connectivity index (χ0) is 17.0. The number of hydrogen-bond donors (Lipinski definition) is 3. The first-order chi connectivity index (χ1) is 10.8. The van der Waals surface area contributed by atoms with E-state index in [0.717, 1.165) is 16.8 Å². The molecule has 2 amide bonds. The molecule has 2 aromatic carbocycles. The van der Waals surface area contributed by atoms with E-state index in [0.29, 0.717) is 5.56 Å². The monoisotopic (exact) mass is 316 g/mol. The number of nitrogens with one attached hydrogen (secondary N) is 2. The van der Waals surface area contributed by atoms with Crippen molar-refractivity contribution in [3.63, 3.8) is 0 Å². The predicted molar refractivity (Wildman–Crippen MR) is 88.9 cm³/mol. The van der Waals surface area contributed by atoms with Crippen LogP contribution in [0.1, 0.15) is 23.6 Å². The van der Waals surface area contributed by atoms with Gasteiger partial charge in [-0.15, -0.1) is 0 Å². The molecule has 0 aliphatic heterocycles. The number of hydrogen-bond acceptors (Lipinski definition) is 2. The molecule has 5 heteroatoms. The number of carbonyl (C=O) groups is 1. The first-order valence-corrected chi connectivity index (χ1v) is 7.38. The van der Waals surface area contributed by atoms with Gasteiger partial charge in [-0.05, 0) is 50.1 Å². The summed E-state index contributed by atoms with van der Waals surface area (Å²) in [5.74, 6) is -0.370. The van der Waals surface area contributed by atoms with Gasteiger partial charge in [-0.1, -0.05) is 29.8 Å². The lowest BCUT2D eigenvalue weighted by Gasteiger charge is -2.24. The maximum absolute atomic E-state index is 12.9. The third kappa shape index (κ3) is 4.53. The first-order valence-electron chi connectivity index (χ1n) is 7.38. The van der Waals surface area contributed by atoms with Crippen molar-refractivity contribution < 1.29 is 14.3 Å². The van der Waals surface area contributed by atoms with E-state index in [1.54, 1.807) is 6.92 Å². The quantitative estimate of drug-likeness (QED) is 0.809. The van der Waals surface area contributed by atoms with Gasteiger partial charge in [-0.3, -0.25) is 0 Å². The lowest BCUT2D eigenvalue weighted by molar-refractivity contribution is 0.0599. The summed E-state index contributed by atoms with van der Waals surface area (Å²) in [5, 5.41) is 15.8. The van der Waals surface area contributed by atoms with Gasteiger partial charge in [0.15, 0.2) is 0 Å². The van der Waals surface area contributed by atoms with E-state index < -0.39 is 11.6 Å². The van der Waals surface area contributed by atoms with Crippen LogP contribution in [0.3, 0.4) is 0 Å². The van der Waals surface area contributed by atoms with Crippen molar-refractivity contribution in [1.29, 1.82) is 0 Å². The fourth-order valence-electron chi connectivity index (χ4n) is 2.28. The van der Waals surface area contributed by atoms with E-state index in [9.17, 15) is 14.3 Å². The summed E-state index contributed by atoms with van der Waals surface area (Å²) in [6.07, 6.45) is 0. The van der Waals surface area contributed by atoms with Gasteiger partial charge >= 0.3 is 6.03 Å². The number of aliphatic hydroxyl groups is 1. The van der Waals surface area contributed by atoms with Gasteiger partial charge < -0.3 is 15.7 Å². The molecule has 0 aliphatic rings. The third-order valence-corrected chi connectivity index (χ3v) is 3.69. The highest BCUT2D eigenvalue weighted by Crippen LogP contribution is 2.20. The normalized spacial score (nSPS) is 13.3. The molecule has 0 saturated carbocycles. The van der Waals surface area contributed by atoms with E-state index >= 15 is 0 Å². The number of benzene rings is 2. The zero-order valence-electron chi connectivity index (χ0n) is 13.5. The van der Waals surface area contributed by atoms with Crippen LogP contribution < -0.4 is 10.6 Å². The fourth-order valence-corrected chi connectivity index (χ4v) is 2.28. The average molecular weight is 316 g/mol. The highest BCUT2D eigenvalue weighted by molar-refractivity contribution is 5.90. The Morgan fingerprint density at radius 1 is 1.17 bits per heavy atom. The Labute approximate surface area is 135 Å². The van der Waals surface area contributed by atoms with Gasteiger partial charge in [0.25, 0.3) is 0 Å². The van der Waals surface area contributed by atoms with E-state index in [1.807, 2.05) is 32.0 Å². The van der Waals surface area contributed by atoms with Crippen molar-refractivity contribution in [1.82, 2.24) is 5.32 Å². The van der Waals surface area contributed by atoms with Gasteiger partial charge in [-0.25, -0.2) is 9.18 Å². The van der Waals surface area contributed by atoms with Gasteiger partial charge in [0, 0.05) is 5.69 Å². The predicted octanol–water partition coefficient (Wildman–Crippen LogP) is 3.47. The molecule has 0 spiro atoms. The molecule has 0 fully saturated rings. The van der Waals surface area contributed by atoms with E-state index in [-0.39, 0.29) is 12.4 Å². The number of halogens is 1. The molecule has 1 atom stereocenters. The summed E-state index contributed by atoms with van der Waals surface area (Å²) < 4.78 is 12.9. The second-order valence-electron chi connectivity index (χ2n) is 5.91. The van der Waals surface area contributed by atoms with Crippen molar-refractivity contribution in [2.45, 2.75) is 26.4 Å². The molecule has 0 bridgehead atoms. The van der Waals surface area contributed by atoms with E-state index in [1.165, 1.54) is 24.3 Å². The number of amides is 2. The number of rotatable bonds is 4. The number of aryl methyl sites for hydroxylation is 2.